The summed E-state index contributed by atoms with van der Waals surface area (Å²) in [6, 6.07) is 41.3. The highest BCUT2D eigenvalue weighted by Gasteiger charge is 2.50. The zero-order chi connectivity index (χ0) is 28.5. The standard InChI is InChI=1S/C40H44NP/c1-29(2)37-21-12-22-38(42(35-17-8-4-9-18-35)36-19-10-5-11-20-36)40(37)41(23-13-16-30-14-6-3-7-15-30)39-33-25-31-24-32(27-33)28-34(39)26-31/h3-22,29,31-34,39H,23-28H2,1-2H3/b16-13+. The van der Waals surface area contributed by atoms with Gasteiger partial charge in [0.2, 0.25) is 0 Å². The Morgan fingerprint density at radius 1 is 0.667 bits per heavy atom. The second-order valence-electron chi connectivity index (χ2n) is 13.3. The van der Waals surface area contributed by atoms with Gasteiger partial charge < -0.3 is 4.90 Å². The minimum absolute atomic E-state index is 0.459. The Morgan fingerprint density at radius 2 is 1.21 bits per heavy atom. The third-order valence-electron chi connectivity index (χ3n) is 10.2. The molecule has 0 heterocycles. The zero-order valence-electron chi connectivity index (χ0n) is 25.1. The molecule has 214 valence electrons. The molecule has 4 aliphatic carbocycles. The summed E-state index contributed by atoms with van der Waals surface area (Å²) < 4.78 is 0. The van der Waals surface area contributed by atoms with Crippen LogP contribution in [0.4, 0.5) is 5.69 Å². The van der Waals surface area contributed by atoms with Crippen molar-refractivity contribution in [3.8, 4) is 0 Å². The molecule has 0 aliphatic heterocycles. The zero-order valence-corrected chi connectivity index (χ0v) is 26.0. The fraction of sp³-hybridized carbons (Fsp3) is 0.350. The molecule has 42 heavy (non-hydrogen) atoms. The summed E-state index contributed by atoms with van der Waals surface area (Å²) in [5.41, 5.74) is 4.33. The van der Waals surface area contributed by atoms with Gasteiger partial charge in [-0.1, -0.05) is 135 Å². The molecule has 0 N–H and O–H groups in total. The van der Waals surface area contributed by atoms with E-state index in [1.54, 1.807) is 0 Å². The summed E-state index contributed by atoms with van der Waals surface area (Å²) in [7, 11) is -0.701. The molecular weight excluding hydrogens is 525 g/mol. The van der Waals surface area contributed by atoms with Crippen molar-refractivity contribution in [3.63, 3.8) is 0 Å². The first kappa shape index (κ1) is 27.7. The predicted molar refractivity (Wildman–Crippen MR) is 183 cm³/mol. The van der Waals surface area contributed by atoms with Crippen LogP contribution in [0.5, 0.6) is 0 Å². The van der Waals surface area contributed by atoms with Gasteiger partial charge in [-0.3, -0.25) is 0 Å². The Bertz CT molecular complexity index is 1430. The van der Waals surface area contributed by atoms with Crippen LogP contribution < -0.4 is 20.8 Å². The molecule has 0 aromatic heterocycles. The summed E-state index contributed by atoms with van der Waals surface area (Å²) in [6.45, 7) is 5.75. The van der Waals surface area contributed by atoms with Crippen molar-refractivity contribution in [2.24, 2.45) is 23.7 Å². The highest BCUT2D eigenvalue weighted by Crippen LogP contribution is 2.56. The van der Waals surface area contributed by atoms with Crippen molar-refractivity contribution in [1.82, 2.24) is 0 Å². The van der Waals surface area contributed by atoms with Crippen molar-refractivity contribution < 1.29 is 0 Å². The first-order valence-corrected chi connectivity index (χ1v) is 17.5. The molecule has 0 radical (unpaired) electrons. The van der Waals surface area contributed by atoms with Gasteiger partial charge in [-0.15, -0.1) is 0 Å². The van der Waals surface area contributed by atoms with Crippen LogP contribution in [0.1, 0.15) is 63.0 Å². The summed E-state index contributed by atoms with van der Waals surface area (Å²) in [6.07, 6.45) is 12.0. The van der Waals surface area contributed by atoms with E-state index in [0.717, 1.165) is 30.2 Å². The number of benzene rings is 4. The minimum atomic E-state index is -0.701. The van der Waals surface area contributed by atoms with E-state index in [9.17, 15) is 0 Å². The molecule has 4 fully saturated rings. The van der Waals surface area contributed by atoms with E-state index in [1.807, 2.05) is 0 Å². The average Bonchev–Trinajstić information content (AvgIpc) is 3.01. The predicted octanol–water partition coefficient (Wildman–Crippen LogP) is 8.91. The van der Waals surface area contributed by atoms with Gasteiger partial charge >= 0.3 is 0 Å². The van der Waals surface area contributed by atoms with Crippen molar-refractivity contribution >= 4 is 35.6 Å². The number of hydrogen-bond acceptors (Lipinski definition) is 1. The molecule has 4 aliphatic rings. The lowest BCUT2D eigenvalue weighted by molar-refractivity contribution is -0.00214. The van der Waals surface area contributed by atoms with E-state index in [-0.39, 0.29) is 0 Å². The summed E-state index contributed by atoms with van der Waals surface area (Å²) >= 11 is 0. The molecule has 0 unspecified atom stereocenters. The van der Waals surface area contributed by atoms with Crippen LogP contribution >= 0.6 is 7.92 Å². The van der Waals surface area contributed by atoms with Gasteiger partial charge in [-0.05, 0) is 91.4 Å². The van der Waals surface area contributed by atoms with Crippen LogP contribution in [-0.4, -0.2) is 12.6 Å². The maximum absolute atomic E-state index is 2.93. The van der Waals surface area contributed by atoms with Crippen molar-refractivity contribution in [2.75, 3.05) is 11.4 Å². The Hall–Kier alpha value is -3.15. The van der Waals surface area contributed by atoms with Crippen LogP contribution in [0.25, 0.3) is 6.08 Å². The SMILES string of the molecule is CC(C)c1cccc(P(c2ccccc2)c2ccccc2)c1N(C/C=C/c1ccccc1)C1C2CC3CC(C2)CC1C3. The van der Waals surface area contributed by atoms with Crippen molar-refractivity contribution in [3.05, 3.63) is 126 Å². The lowest BCUT2D eigenvalue weighted by Gasteiger charge is -2.58. The van der Waals surface area contributed by atoms with E-state index >= 15 is 0 Å². The fourth-order valence-corrected chi connectivity index (χ4v) is 11.2. The monoisotopic (exact) mass is 569 g/mol. The molecule has 4 aromatic carbocycles. The summed E-state index contributed by atoms with van der Waals surface area (Å²) in [5, 5.41) is 4.40. The maximum atomic E-state index is 2.93. The normalized spacial score (nSPS) is 24.6. The summed E-state index contributed by atoms with van der Waals surface area (Å²) in [4.78, 5) is 2.93. The maximum Gasteiger partial charge on any atom is 0.0491 e. The molecular formula is C40H44NP. The van der Waals surface area contributed by atoms with Gasteiger partial charge in [0.05, 0.1) is 0 Å². The quantitative estimate of drug-likeness (QED) is 0.182. The third kappa shape index (κ3) is 5.49. The summed E-state index contributed by atoms with van der Waals surface area (Å²) in [5.74, 6) is 4.03. The molecule has 0 spiro atoms. The van der Waals surface area contributed by atoms with Crippen LogP contribution in [-0.2, 0) is 0 Å². The van der Waals surface area contributed by atoms with E-state index in [2.05, 4.69) is 140 Å². The third-order valence-corrected chi connectivity index (χ3v) is 12.6. The van der Waals surface area contributed by atoms with E-state index in [4.69, 9.17) is 0 Å². The van der Waals surface area contributed by atoms with Gasteiger partial charge in [-0.2, -0.15) is 0 Å². The number of anilines is 1. The van der Waals surface area contributed by atoms with Gasteiger partial charge in [0.1, 0.15) is 0 Å². The second kappa shape index (κ2) is 12.2. The molecule has 8 rings (SSSR count). The number of hydrogen-bond donors (Lipinski definition) is 0. The molecule has 4 aromatic rings. The first-order chi connectivity index (χ1) is 20.7. The molecule has 1 nitrogen and oxygen atoms in total. The van der Waals surface area contributed by atoms with Crippen LogP contribution in [0, 0.1) is 23.7 Å². The van der Waals surface area contributed by atoms with Gasteiger partial charge in [0, 0.05) is 23.6 Å². The Labute approximate surface area is 254 Å². The van der Waals surface area contributed by atoms with E-state index < -0.39 is 7.92 Å². The van der Waals surface area contributed by atoms with Gasteiger partial charge in [0.25, 0.3) is 0 Å². The fourth-order valence-electron chi connectivity index (χ4n) is 8.72. The van der Waals surface area contributed by atoms with Gasteiger partial charge in [-0.25, -0.2) is 0 Å². The second-order valence-corrected chi connectivity index (χ2v) is 15.4. The van der Waals surface area contributed by atoms with Crippen LogP contribution in [0.3, 0.4) is 0 Å². The topological polar surface area (TPSA) is 3.24 Å². The Balaban J connectivity index is 1.40. The minimum Gasteiger partial charge on any atom is -0.363 e. The lowest BCUT2D eigenvalue weighted by Crippen LogP contribution is -2.57. The van der Waals surface area contributed by atoms with Crippen molar-refractivity contribution in [2.45, 2.75) is 57.9 Å². The Kier molecular flexibility index (Phi) is 8.05. The number of rotatable bonds is 9. The Morgan fingerprint density at radius 3 is 1.76 bits per heavy atom. The molecule has 0 atom stereocenters. The van der Waals surface area contributed by atoms with E-state index in [1.165, 1.54) is 64.8 Å². The molecule has 4 saturated carbocycles. The molecule has 2 heteroatoms. The van der Waals surface area contributed by atoms with Crippen LogP contribution in [0.15, 0.2) is 115 Å². The highest BCUT2D eigenvalue weighted by atomic mass is 31.1. The van der Waals surface area contributed by atoms with Crippen LogP contribution in [0.2, 0.25) is 0 Å². The molecule has 4 bridgehead atoms. The first-order valence-electron chi connectivity index (χ1n) is 16.2. The van der Waals surface area contributed by atoms with E-state index in [0.29, 0.717) is 12.0 Å². The number of nitrogens with zero attached hydrogens (tertiary/aromatic N) is 1. The smallest absolute Gasteiger partial charge is 0.0491 e. The lowest BCUT2D eigenvalue weighted by atomic mass is 9.53. The van der Waals surface area contributed by atoms with Gasteiger partial charge in [0.15, 0.2) is 0 Å². The van der Waals surface area contributed by atoms with Crippen molar-refractivity contribution in [1.29, 1.82) is 0 Å². The highest BCUT2D eigenvalue weighted by molar-refractivity contribution is 7.80. The number of para-hydroxylation sites is 1. The average molecular weight is 570 g/mol. The molecule has 0 amide bonds. The largest absolute Gasteiger partial charge is 0.363 e. The molecule has 0 saturated heterocycles.